The molecule has 0 heterocycles. The van der Waals surface area contributed by atoms with Crippen molar-refractivity contribution < 1.29 is 40.5 Å². The molecule has 0 atom stereocenters. The van der Waals surface area contributed by atoms with E-state index in [2.05, 4.69) is 0 Å². The molecular formula is C5H10NNaO2. The fourth-order valence-corrected chi connectivity index (χ4v) is 0.420. The largest absolute Gasteiger partial charge is 1.00 e. The van der Waals surface area contributed by atoms with E-state index < -0.39 is 0 Å². The summed E-state index contributed by atoms with van der Waals surface area (Å²) >= 11 is 0. The second-order valence-corrected chi connectivity index (χ2v) is 1.89. The first-order valence-electron chi connectivity index (χ1n) is 2.72. The molecule has 0 radical (unpaired) electrons. The van der Waals surface area contributed by atoms with E-state index in [1.54, 1.807) is 0 Å². The van der Waals surface area contributed by atoms with Gasteiger partial charge in [-0.1, -0.05) is 0 Å². The summed E-state index contributed by atoms with van der Waals surface area (Å²) in [6.45, 7) is 0.0104. The van der Waals surface area contributed by atoms with Crippen LogP contribution in [0.1, 0.15) is 14.3 Å². The second-order valence-electron chi connectivity index (χ2n) is 1.89. The van der Waals surface area contributed by atoms with Gasteiger partial charge in [0.05, 0.1) is 6.54 Å². The monoisotopic (exact) mass is 139 g/mol. The summed E-state index contributed by atoms with van der Waals surface area (Å²) < 4.78 is 4.75. The van der Waals surface area contributed by atoms with Crippen LogP contribution < -0.4 is 35.3 Å². The Morgan fingerprint density at radius 3 is 2.67 bits per heavy atom. The topological polar surface area (TPSA) is 52.3 Å². The molecule has 3 nitrogen and oxygen atoms in total. The van der Waals surface area contributed by atoms with Gasteiger partial charge in [-0.05, 0) is 12.8 Å². The Hall–Kier alpha value is 0.430. The van der Waals surface area contributed by atoms with E-state index in [4.69, 9.17) is 10.5 Å². The SMILES string of the molecule is NCC(=O)OC1CC1.[H-].[Na+]. The maximum Gasteiger partial charge on any atom is 1.00 e. The van der Waals surface area contributed by atoms with Crippen molar-refractivity contribution in [3.8, 4) is 0 Å². The van der Waals surface area contributed by atoms with Gasteiger partial charge in [-0.2, -0.15) is 0 Å². The zero-order valence-corrected chi connectivity index (χ0v) is 7.59. The summed E-state index contributed by atoms with van der Waals surface area (Å²) in [6, 6.07) is 0. The second kappa shape index (κ2) is 4.28. The average molecular weight is 139 g/mol. The van der Waals surface area contributed by atoms with E-state index in [0.717, 1.165) is 12.8 Å². The van der Waals surface area contributed by atoms with E-state index >= 15 is 0 Å². The van der Waals surface area contributed by atoms with Crippen molar-refractivity contribution in [2.24, 2.45) is 5.73 Å². The van der Waals surface area contributed by atoms with Crippen molar-refractivity contribution in [2.75, 3.05) is 6.54 Å². The summed E-state index contributed by atoms with van der Waals surface area (Å²) in [4.78, 5) is 10.3. The first-order chi connectivity index (χ1) is 3.83. The molecule has 9 heavy (non-hydrogen) atoms. The molecule has 0 aromatic carbocycles. The molecule has 0 bridgehead atoms. The Morgan fingerprint density at radius 2 is 2.33 bits per heavy atom. The molecule has 1 rings (SSSR count). The molecule has 0 aromatic heterocycles. The summed E-state index contributed by atoms with van der Waals surface area (Å²) in [5, 5.41) is 0. The van der Waals surface area contributed by atoms with Gasteiger partial charge in [0.25, 0.3) is 0 Å². The summed E-state index contributed by atoms with van der Waals surface area (Å²) in [6.07, 6.45) is 2.24. The van der Waals surface area contributed by atoms with E-state index in [1.807, 2.05) is 0 Å². The van der Waals surface area contributed by atoms with Crippen molar-refractivity contribution in [1.82, 2.24) is 0 Å². The maximum absolute atomic E-state index is 10.3. The van der Waals surface area contributed by atoms with Crippen LogP contribution in [-0.4, -0.2) is 18.6 Å². The smallest absolute Gasteiger partial charge is 1.00 e. The standard InChI is InChI=1S/C5H9NO2.Na.H/c6-3-5(7)8-4-1-2-4;;/h4H,1-3,6H2;;/q;+1;-1. The van der Waals surface area contributed by atoms with Crippen LogP contribution in [0, 0.1) is 0 Å². The minimum atomic E-state index is -0.285. The molecule has 0 amide bonds. The molecule has 1 saturated carbocycles. The fraction of sp³-hybridized carbons (Fsp3) is 0.800. The predicted octanol–water partition coefficient (Wildman–Crippen LogP) is -3.23. The number of carbonyl (C=O) groups is 1. The third kappa shape index (κ3) is 3.92. The molecule has 0 aromatic rings. The van der Waals surface area contributed by atoms with E-state index in [0.29, 0.717) is 0 Å². The number of hydrogen-bond acceptors (Lipinski definition) is 3. The third-order valence-corrected chi connectivity index (χ3v) is 0.989. The van der Waals surface area contributed by atoms with Gasteiger partial charge in [0.15, 0.2) is 0 Å². The van der Waals surface area contributed by atoms with Crippen LogP contribution in [0.15, 0.2) is 0 Å². The molecule has 48 valence electrons. The van der Waals surface area contributed by atoms with Crippen LogP contribution in [0.25, 0.3) is 0 Å². The number of nitrogens with two attached hydrogens (primary N) is 1. The van der Waals surface area contributed by atoms with E-state index in [1.165, 1.54) is 0 Å². The third-order valence-electron chi connectivity index (χ3n) is 0.989. The number of hydrogen-bond donors (Lipinski definition) is 1. The molecule has 1 aliphatic carbocycles. The van der Waals surface area contributed by atoms with Crippen molar-refractivity contribution in [2.45, 2.75) is 18.9 Å². The Morgan fingerprint density at radius 1 is 1.78 bits per heavy atom. The number of rotatable bonds is 2. The Balaban J connectivity index is 0. The Labute approximate surface area is 77.7 Å². The first kappa shape index (κ1) is 9.43. The quantitative estimate of drug-likeness (QED) is 0.323. The zero-order valence-electron chi connectivity index (χ0n) is 6.59. The van der Waals surface area contributed by atoms with Crippen LogP contribution in [0.2, 0.25) is 0 Å². The van der Waals surface area contributed by atoms with Crippen molar-refractivity contribution in [1.29, 1.82) is 0 Å². The van der Waals surface area contributed by atoms with E-state index in [9.17, 15) is 4.79 Å². The summed E-state index contributed by atoms with van der Waals surface area (Å²) in [7, 11) is 0. The molecule has 0 saturated heterocycles. The molecule has 0 spiro atoms. The van der Waals surface area contributed by atoms with E-state index in [-0.39, 0.29) is 49.6 Å². The number of esters is 1. The molecule has 0 unspecified atom stereocenters. The van der Waals surface area contributed by atoms with Gasteiger partial charge in [-0.15, -0.1) is 0 Å². The van der Waals surface area contributed by atoms with Crippen LogP contribution in [0.4, 0.5) is 0 Å². The van der Waals surface area contributed by atoms with Gasteiger partial charge in [-0.25, -0.2) is 0 Å². The summed E-state index contributed by atoms with van der Waals surface area (Å²) in [5.74, 6) is -0.285. The average Bonchev–Trinajstić information content (AvgIpc) is 2.50. The van der Waals surface area contributed by atoms with Crippen LogP contribution >= 0.6 is 0 Å². The molecule has 1 fully saturated rings. The van der Waals surface area contributed by atoms with Crippen LogP contribution in [0.3, 0.4) is 0 Å². The fourth-order valence-electron chi connectivity index (χ4n) is 0.420. The first-order valence-corrected chi connectivity index (χ1v) is 2.72. The Kier molecular flexibility index (Phi) is 4.48. The molecule has 4 heteroatoms. The van der Waals surface area contributed by atoms with Crippen molar-refractivity contribution in [3.05, 3.63) is 0 Å². The molecule has 2 N–H and O–H groups in total. The van der Waals surface area contributed by atoms with Gasteiger partial charge in [0.1, 0.15) is 6.10 Å². The maximum atomic E-state index is 10.3. The Bertz CT molecular complexity index is 108. The molecular weight excluding hydrogens is 129 g/mol. The van der Waals surface area contributed by atoms with Crippen molar-refractivity contribution >= 4 is 5.97 Å². The minimum absolute atomic E-state index is 0. The predicted molar refractivity (Wildman–Crippen MR) is 29.3 cm³/mol. The summed E-state index contributed by atoms with van der Waals surface area (Å²) in [5.41, 5.74) is 4.97. The van der Waals surface area contributed by atoms with Gasteiger partial charge in [0.2, 0.25) is 0 Å². The van der Waals surface area contributed by atoms with Crippen LogP contribution in [0.5, 0.6) is 0 Å². The van der Waals surface area contributed by atoms with Gasteiger partial charge >= 0.3 is 35.5 Å². The zero-order chi connectivity index (χ0) is 5.98. The number of ether oxygens (including phenoxy) is 1. The normalized spacial score (nSPS) is 16.1. The van der Waals surface area contributed by atoms with Gasteiger partial charge in [0, 0.05) is 0 Å². The minimum Gasteiger partial charge on any atom is -1.00 e. The molecule has 0 aliphatic heterocycles. The van der Waals surface area contributed by atoms with Gasteiger partial charge < -0.3 is 11.9 Å². The number of carbonyl (C=O) groups excluding carboxylic acids is 1. The van der Waals surface area contributed by atoms with Gasteiger partial charge in [-0.3, -0.25) is 4.79 Å². The van der Waals surface area contributed by atoms with Crippen molar-refractivity contribution in [3.63, 3.8) is 0 Å². The molecule has 1 aliphatic rings. The van der Waals surface area contributed by atoms with Crippen LogP contribution in [-0.2, 0) is 9.53 Å².